The molecule has 56 heavy (non-hydrogen) atoms. The quantitative estimate of drug-likeness (QED) is 0.0349. The van der Waals surface area contributed by atoms with Crippen LogP contribution in [0.2, 0.25) is 0 Å². The Hall–Kier alpha value is -1.88. The molecule has 0 aliphatic heterocycles. The van der Waals surface area contributed by atoms with Gasteiger partial charge in [-0.1, -0.05) is 205 Å². The zero-order valence-corrected chi connectivity index (χ0v) is 37.7. The zero-order valence-electron chi connectivity index (χ0n) is 37.7. The molecule has 0 amide bonds. The third-order valence-corrected chi connectivity index (χ3v) is 10.6. The van der Waals surface area contributed by atoms with Gasteiger partial charge < -0.3 is 14.2 Å². The van der Waals surface area contributed by atoms with Crippen LogP contribution in [0.5, 0.6) is 0 Å². The van der Waals surface area contributed by atoms with E-state index in [1.807, 2.05) is 0 Å². The maximum absolute atomic E-state index is 12.7. The van der Waals surface area contributed by atoms with Gasteiger partial charge in [0.2, 0.25) is 0 Å². The Morgan fingerprint density at radius 2 is 0.768 bits per heavy atom. The molecule has 0 aliphatic rings. The highest BCUT2D eigenvalue weighted by atomic mass is 16.6. The van der Waals surface area contributed by atoms with Gasteiger partial charge >= 0.3 is 11.9 Å². The van der Waals surface area contributed by atoms with Gasteiger partial charge in [0.05, 0.1) is 6.61 Å². The largest absolute Gasteiger partial charge is 0.462 e. The standard InChI is InChI=1S/C51H94O5/c1-4-7-10-13-16-19-22-24-25-26-28-31-34-37-40-43-46-54-47-49(56-51(53)45-42-39-36-33-29-21-18-15-12-9-6-3)48-55-50(52)44-41-38-35-32-30-27-23-20-17-14-11-8-5-2/h15-16,18-19,24-25,49H,4-14,17,20-23,26-48H2,1-3H3/b18-15-,19-16-,25-24-. The van der Waals surface area contributed by atoms with Crippen LogP contribution in [0, 0.1) is 0 Å². The Labute approximate surface area is 349 Å². The number of hydrogen-bond acceptors (Lipinski definition) is 5. The second-order valence-corrected chi connectivity index (χ2v) is 16.4. The summed E-state index contributed by atoms with van der Waals surface area (Å²) in [6, 6.07) is 0. The molecule has 0 bridgehead atoms. The Kier molecular flexibility index (Phi) is 45.9. The molecule has 0 aromatic rings. The Morgan fingerprint density at radius 3 is 1.29 bits per heavy atom. The summed E-state index contributed by atoms with van der Waals surface area (Å²) in [6.45, 7) is 7.76. The lowest BCUT2D eigenvalue weighted by atomic mass is 10.0. The first-order valence-electron chi connectivity index (χ1n) is 24.5. The van der Waals surface area contributed by atoms with Gasteiger partial charge in [-0.25, -0.2) is 0 Å². The summed E-state index contributed by atoms with van der Waals surface area (Å²) in [4.78, 5) is 25.3. The molecule has 0 saturated carbocycles. The molecule has 0 aliphatic carbocycles. The first-order valence-corrected chi connectivity index (χ1v) is 24.5. The highest BCUT2D eigenvalue weighted by Gasteiger charge is 2.17. The number of carbonyl (C=O) groups is 2. The average Bonchev–Trinajstić information content (AvgIpc) is 3.20. The van der Waals surface area contributed by atoms with Crippen molar-refractivity contribution in [1.82, 2.24) is 0 Å². The fraction of sp³-hybridized carbons (Fsp3) is 0.843. The van der Waals surface area contributed by atoms with Crippen molar-refractivity contribution in [2.75, 3.05) is 19.8 Å². The van der Waals surface area contributed by atoms with Crippen molar-refractivity contribution in [2.24, 2.45) is 0 Å². The van der Waals surface area contributed by atoms with Crippen LogP contribution >= 0.6 is 0 Å². The number of unbranched alkanes of at least 4 members (excludes halogenated alkanes) is 28. The lowest BCUT2D eigenvalue weighted by Gasteiger charge is -2.18. The van der Waals surface area contributed by atoms with Gasteiger partial charge in [-0.15, -0.1) is 0 Å². The normalized spacial score (nSPS) is 12.4. The minimum absolute atomic E-state index is 0.0818. The van der Waals surface area contributed by atoms with Crippen LogP contribution in [0.3, 0.4) is 0 Å². The SMILES string of the molecule is CCCC/C=C\CCCCCCCC(=O)OC(COCCCCCCCC/C=C\C/C=C\CCCCC)COC(=O)CCCCCCCCCCCCCCC. The van der Waals surface area contributed by atoms with E-state index >= 15 is 0 Å². The Bertz CT molecular complexity index is 893. The molecule has 0 N–H and O–H groups in total. The highest BCUT2D eigenvalue weighted by Crippen LogP contribution is 2.15. The van der Waals surface area contributed by atoms with E-state index in [1.165, 1.54) is 161 Å². The van der Waals surface area contributed by atoms with E-state index in [0.717, 1.165) is 57.8 Å². The molecule has 328 valence electrons. The van der Waals surface area contributed by atoms with Gasteiger partial charge in [0.25, 0.3) is 0 Å². The minimum Gasteiger partial charge on any atom is -0.462 e. The highest BCUT2D eigenvalue weighted by molar-refractivity contribution is 5.70. The first kappa shape index (κ1) is 54.1. The van der Waals surface area contributed by atoms with Crippen molar-refractivity contribution in [3.05, 3.63) is 36.5 Å². The zero-order chi connectivity index (χ0) is 40.7. The van der Waals surface area contributed by atoms with E-state index in [1.54, 1.807) is 0 Å². The molecule has 1 unspecified atom stereocenters. The number of carbonyl (C=O) groups excluding carboxylic acids is 2. The molecule has 1 atom stereocenters. The molecule has 5 nitrogen and oxygen atoms in total. The van der Waals surface area contributed by atoms with Crippen LogP contribution in [0.1, 0.15) is 252 Å². The molecule has 5 heteroatoms. The molecule has 0 spiro atoms. The van der Waals surface area contributed by atoms with Crippen LogP contribution < -0.4 is 0 Å². The summed E-state index contributed by atoms with van der Waals surface area (Å²) in [5.41, 5.74) is 0. The maximum atomic E-state index is 12.7. The van der Waals surface area contributed by atoms with E-state index in [0.29, 0.717) is 19.4 Å². The van der Waals surface area contributed by atoms with E-state index in [4.69, 9.17) is 14.2 Å². The van der Waals surface area contributed by atoms with Crippen LogP contribution in [0.4, 0.5) is 0 Å². The summed E-state index contributed by atoms with van der Waals surface area (Å²) < 4.78 is 17.3. The first-order chi connectivity index (χ1) is 27.6. The smallest absolute Gasteiger partial charge is 0.306 e. The van der Waals surface area contributed by atoms with Crippen molar-refractivity contribution in [1.29, 1.82) is 0 Å². The summed E-state index contributed by atoms with van der Waals surface area (Å²) in [6.07, 6.45) is 55.7. The van der Waals surface area contributed by atoms with Crippen molar-refractivity contribution < 1.29 is 23.8 Å². The summed E-state index contributed by atoms with van der Waals surface area (Å²) >= 11 is 0. The van der Waals surface area contributed by atoms with Gasteiger partial charge in [0.15, 0.2) is 6.10 Å². The van der Waals surface area contributed by atoms with Crippen molar-refractivity contribution in [2.45, 2.75) is 258 Å². The van der Waals surface area contributed by atoms with Crippen LogP contribution in [-0.4, -0.2) is 37.9 Å². The molecule has 0 heterocycles. The maximum Gasteiger partial charge on any atom is 0.306 e. The van der Waals surface area contributed by atoms with Gasteiger partial charge in [-0.05, 0) is 70.6 Å². The number of hydrogen-bond donors (Lipinski definition) is 0. The minimum atomic E-state index is -0.540. The third kappa shape index (κ3) is 44.8. The number of rotatable bonds is 45. The van der Waals surface area contributed by atoms with Gasteiger partial charge in [0.1, 0.15) is 6.61 Å². The molecule has 0 rings (SSSR count). The van der Waals surface area contributed by atoms with Crippen LogP contribution in [0.15, 0.2) is 36.5 Å². The van der Waals surface area contributed by atoms with Crippen LogP contribution in [0.25, 0.3) is 0 Å². The predicted octanol–water partition coefficient (Wildman–Crippen LogP) is 16.2. The van der Waals surface area contributed by atoms with E-state index in [2.05, 4.69) is 57.2 Å². The predicted molar refractivity (Wildman–Crippen MR) is 242 cm³/mol. The second kappa shape index (κ2) is 47.5. The van der Waals surface area contributed by atoms with Crippen molar-refractivity contribution in [3.8, 4) is 0 Å². The summed E-state index contributed by atoms with van der Waals surface area (Å²) in [7, 11) is 0. The van der Waals surface area contributed by atoms with Crippen LogP contribution in [-0.2, 0) is 23.8 Å². The molecule has 0 fully saturated rings. The third-order valence-electron chi connectivity index (χ3n) is 10.6. The second-order valence-electron chi connectivity index (χ2n) is 16.4. The van der Waals surface area contributed by atoms with E-state index < -0.39 is 6.10 Å². The molecule has 0 saturated heterocycles. The number of esters is 2. The van der Waals surface area contributed by atoms with Gasteiger partial charge in [0, 0.05) is 19.4 Å². The Morgan fingerprint density at radius 1 is 0.393 bits per heavy atom. The molecule has 0 aromatic carbocycles. The summed E-state index contributed by atoms with van der Waals surface area (Å²) in [5, 5.41) is 0. The molecule has 0 aromatic heterocycles. The fourth-order valence-electron chi connectivity index (χ4n) is 6.93. The molecular formula is C51H94O5. The number of ether oxygens (including phenoxy) is 3. The van der Waals surface area contributed by atoms with Crippen molar-refractivity contribution >= 4 is 11.9 Å². The van der Waals surface area contributed by atoms with Crippen molar-refractivity contribution in [3.63, 3.8) is 0 Å². The van der Waals surface area contributed by atoms with Gasteiger partial charge in [-0.2, -0.15) is 0 Å². The number of allylic oxidation sites excluding steroid dienone is 6. The molecule has 0 radical (unpaired) electrons. The summed E-state index contributed by atoms with van der Waals surface area (Å²) in [5.74, 6) is -0.404. The van der Waals surface area contributed by atoms with E-state index in [9.17, 15) is 9.59 Å². The Balaban J connectivity index is 4.24. The van der Waals surface area contributed by atoms with E-state index in [-0.39, 0.29) is 25.2 Å². The van der Waals surface area contributed by atoms with Gasteiger partial charge in [-0.3, -0.25) is 9.59 Å². The average molecular weight is 787 g/mol. The topological polar surface area (TPSA) is 61.8 Å². The monoisotopic (exact) mass is 787 g/mol. The fourth-order valence-corrected chi connectivity index (χ4v) is 6.93. The lowest BCUT2D eigenvalue weighted by Crippen LogP contribution is -2.30. The lowest BCUT2D eigenvalue weighted by molar-refractivity contribution is -0.163. The molecular weight excluding hydrogens is 693 g/mol.